The molecule has 0 saturated carbocycles. The van der Waals surface area contributed by atoms with Crippen molar-refractivity contribution in [2.45, 2.75) is 13.3 Å². The molecule has 1 aromatic heterocycles. The van der Waals surface area contributed by atoms with E-state index in [0.29, 0.717) is 0 Å². The summed E-state index contributed by atoms with van der Waals surface area (Å²) in [6.07, 6.45) is 11.2. The van der Waals surface area contributed by atoms with E-state index in [1.54, 1.807) is 6.08 Å². The van der Waals surface area contributed by atoms with Gasteiger partial charge in [0.25, 0.3) is 0 Å². The Bertz CT molecular complexity index is 388. The molecule has 2 N–H and O–H groups in total. The molecule has 1 aromatic rings. The van der Waals surface area contributed by atoms with E-state index in [4.69, 9.17) is 0 Å². The van der Waals surface area contributed by atoms with Gasteiger partial charge in [-0.25, -0.2) is 9.97 Å². The van der Waals surface area contributed by atoms with E-state index in [-0.39, 0.29) is 0 Å². The molecule has 0 unspecified atom stereocenters. The summed E-state index contributed by atoms with van der Waals surface area (Å²) in [5.41, 5.74) is 6.82. The van der Waals surface area contributed by atoms with Crippen LogP contribution in [0, 0.1) is 6.92 Å². The van der Waals surface area contributed by atoms with Crippen LogP contribution in [0.2, 0.25) is 0 Å². The van der Waals surface area contributed by atoms with Crippen LogP contribution in [-0.4, -0.2) is 9.97 Å². The van der Waals surface area contributed by atoms with Crippen LogP contribution in [0.1, 0.15) is 11.4 Å². The molecule has 0 radical (unpaired) electrons. The molecule has 1 rings (SSSR count). The third kappa shape index (κ3) is 6.84. The lowest BCUT2D eigenvalue weighted by atomic mass is 10.1. The van der Waals surface area contributed by atoms with Crippen molar-refractivity contribution in [3.05, 3.63) is 73.5 Å². The van der Waals surface area contributed by atoms with Crippen molar-refractivity contribution in [2.75, 3.05) is 0 Å². The first-order chi connectivity index (χ1) is 8.17. The fourth-order valence-electron chi connectivity index (χ4n) is 1.10. The van der Waals surface area contributed by atoms with E-state index in [1.807, 2.05) is 31.5 Å². The van der Waals surface area contributed by atoms with E-state index in [1.165, 1.54) is 6.20 Å². The van der Waals surface area contributed by atoms with Gasteiger partial charge in [-0.1, -0.05) is 38.0 Å². The highest BCUT2D eigenvalue weighted by molar-refractivity contribution is 5.27. The first kappa shape index (κ1) is 14.8. The normalized spacial score (nSPS) is 9.82. The molecule has 3 nitrogen and oxygen atoms in total. The molecule has 17 heavy (non-hydrogen) atoms. The topological polar surface area (TPSA) is 51.8 Å². The van der Waals surface area contributed by atoms with Gasteiger partial charge in [-0.2, -0.15) is 0 Å². The molecule has 0 aliphatic rings. The monoisotopic (exact) mass is 229 g/mol. The first-order valence-electron chi connectivity index (χ1n) is 5.22. The van der Waals surface area contributed by atoms with Gasteiger partial charge in [-0.05, 0) is 24.3 Å². The average Bonchev–Trinajstić information content (AvgIpc) is 2.32. The van der Waals surface area contributed by atoms with Gasteiger partial charge >= 0.3 is 0 Å². The zero-order chi connectivity index (χ0) is 13.1. The average molecular weight is 229 g/mol. The highest BCUT2D eigenvalue weighted by atomic mass is 14.8. The number of nitrogens with two attached hydrogens (primary N) is 1. The fraction of sp³-hybridized carbons (Fsp3) is 0.143. The first-order valence-corrected chi connectivity index (χ1v) is 5.22. The molecular weight excluding hydrogens is 210 g/mol. The second-order valence-corrected chi connectivity index (χ2v) is 3.23. The van der Waals surface area contributed by atoms with E-state index in [0.717, 1.165) is 23.4 Å². The number of rotatable bonds is 4. The molecule has 3 heteroatoms. The number of hydrogen-bond acceptors (Lipinski definition) is 3. The zero-order valence-electron chi connectivity index (χ0n) is 10.3. The lowest BCUT2D eigenvalue weighted by Gasteiger charge is -2.00. The molecule has 0 amide bonds. The molecule has 0 atom stereocenters. The van der Waals surface area contributed by atoms with Crippen LogP contribution in [0.3, 0.4) is 0 Å². The van der Waals surface area contributed by atoms with Crippen molar-refractivity contribution >= 4 is 0 Å². The maximum atomic E-state index is 4.61. The molecule has 0 bridgehead atoms. The number of aryl methyl sites for hydroxylation is 1. The quantitative estimate of drug-likeness (QED) is 0.808. The van der Waals surface area contributed by atoms with Crippen LogP contribution in [0.15, 0.2) is 62.1 Å². The van der Waals surface area contributed by atoms with Gasteiger partial charge in [0.15, 0.2) is 0 Å². The van der Waals surface area contributed by atoms with Gasteiger partial charge in [0.05, 0.1) is 0 Å². The van der Waals surface area contributed by atoms with E-state index in [9.17, 15) is 0 Å². The van der Waals surface area contributed by atoms with Gasteiger partial charge < -0.3 is 5.73 Å². The number of nitrogens with zero attached hydrogens (tertiary/aromatic N) is 2. The minimum atomic E-state index is 0.793. The van der Waals surface area contributed by atoms with Gasteiger partial charge in [0, 0.05) is 18.8 Å². The van der Waals surface area contributed by atoms with E-state index >= 15 is 0 Å². The molecule has 90 valence electrons. The Labute approximate surface area is 103 Å². The Morgan fingerprint density at radius 2 is 1.82 bits per heavy atom. The molecular formula is C14H19N3. The Balaban J connectivity index is 0.000000770. The summed E-state index contributed by atoms with van der Waals surface area (Å²) >= 11 is 0. The number of aromatic nitrogens is 2. The van der Waals surface area contributed by atoms with Gasteiger partial charge in [-0.3, -0.25) is 0 Å². The second kappa shape index (κ2) is 9.09. The molecule has 0 saturated heterocycles. The predicted octanol–water partition coefficient (Wildman–Crippen LogP) is 2.71. The maximum Gasteiger partial charge on any atom is 0.125 e. The minimum absolute atomic E-state index is 0.793. The van der Waals surface area contributed by atoms with E-state index < -0.39 is 0 Å². The minimum Gasteiger partial charge on any atom is -0.405 e. The second-order valence-electron chi connectivity index (χ2n) is 3.23. The summed E-state index contributed by atoms with van der Waals surface area (Å²) < 4.78 is 0. The van der Waals surface area contributed by atoms with Crippen LogP contribution < -0.4 is 5.73 Å². The maximum absolute atomic E-state index is 4.61. The summed E-state index contributed by atoms with van der Waals surface area (Å²) in [4.78, 5) is 8.26. The van der Waals surface area contributed by atoms with Crippen molar-refractivity contribution in [3.63, 3.8) is 0 Å². The van der Waals surface area contributed by atoms with Crippen molar-refractivity contribution in [1.29, 1.82) is 0 Å². The third-order valence-corrected chi connectivity index (χ3v) is 1.84. The van der Waals surface area contributed by atoms with Crippen molar-refractivity contribution < 1.29 is 0 Å². The molecule has 0 aromatic carbocycles. The zero-order valence-corrected chi connectivity index (χ0v) is 10.3. The van der Waals surface area contributed by atoms with Crippen LogP contribution in [0.25, 0.3) is 0 Å². The SMILES string of the molecule is C=C/C=C(\C=C)Cc1cnc(C)nc1.C=CN. The summed E-state index contributed by atoms with van der Waals surface area (Å²) in [6.45, 7) is 12.4. The summed E-state index contributed by atoms with van der Waals surface area (Å²) in [6, 6.07) is 0. The standard InChI is InChI=1S/C12H14N2.C2H5N/c1-4-6-11(5-2)7-12-8-13-10(3)14-9-12;1-2-3/h4-6,8-9H,1-2,7H2,3H3;2H,1,3H2/b11-6+;. The lowest BCUT2D eigenvalue weighted by molar-refractivity contribution is 1.00. The Morgan fingerprint density at radius 1 is 1.29 bits per heavy atom. The van der Waals surface area contributed by atoms with Crippen molar-refractivity contribution in [1.82, 2.24) is 9.97 Å². The van der Waals surface area contributed by atoms with Crippen LogP contribution in [0.4, 0.5) is 0 Å². The Hall–Kier alpha value is -2.16. The van der Waals surface area contributed by atoms with Crippen LogP contribution >= 0.6 is 0 Å². The summed E-state index contributed by atoms with van der Waals surface area (Å²) in [5, 5.41) is 0. The number of allylic oxidation sites excluding steroid dienone is 4. The Kier molecular flexibility index (Phi) is 7.94. The van der Waals surface area contributed by atoms with Crippen molar-refractivity contribution in [3.8, 4) is 0 Å². The highest BCUT2D eigenvalue weighted by Gasteiger charge is 1.96. The number of hydrogen-bond donors (Lipinski definition) is 1. The molecule has 1 heterocycles. The fourth-order valence-corrected chi connectivity index (χ4v) is 1.10. The van der Waals surface area contributed by atoms with Crippen molar-refractivity contribution in [2.24, 2.45) is 5.73 Å². The molecule has 0 spiro atoms. The van der Waals surface area contributed by atoms with Crippen LogP contribution in [-0.2, 0) is 6.42 Å². The Morgan fingerprint density at radius 3 is 2.24 bits per heavy atom. The highest BCUT2D eigenvalue weighted by Crippen LogP contribution is 2.07. The largest absolute Gasteiger partial charge is 0.405 e. The third-order valence-electron chi connectivity index (χ3n) is 1.84. The van der Waals surface area contributed by atoms with Crippen LogP contribution in [0.5, 0.6) is 0 Å². The molecule has 0 fully saturated rings. The smallest absolute Gasteiger partial charge is 0.125 e. The molecule has 0 aliphatic carbocycles. The van der Waals surface area contributed by atoms with E-state index in [2.05, 4.69) is 35.4 Å². The summed E-state index contributed by atoms with van der Waals surface area (Å²) in [7, 11) is 0. The van der Waals surface area contributed by atoms with Gasteiger partial charge in [-0.15, -0.1) is 0 Å². The van der Waals surface area contributed by atoms with Gasteiger partial charge in [0.1, 0.15) is 5.82 Å². The summed E-state index contributed by atoms with van der Waals surface area (Å²) in [5.74, 6) is 0.793. The molecule has 0 aliphatic heterocycles. The lowest BCUT2D eigenvalue weighted by Crippen LogP contribution is -1.93. The van der Waals surface area contributed by atoms with Gasteiger partial charge in [0.2, 0.25) is 0 Å². The predicted molar refractivity (Wildman–Crippen MR) is 73.3 cm³/mol.